The number of carbonyl (C=O) groups is 1. The number of nitrogens with two attached hydrogens (primary N) is 1. The quantitative estimate of drug-likeness (QED) is 0.782. The maximum absolute atomic E-state index is 12.3. The normalized spacial score (nSPS) is 25.6. The second-order valence-corrected chi connectivity index (χ2v) is 7.60. The Morgan fingerprint density at radius 3 is 2.60 bits per heavy atom. The zero-order valence-electron chi connectivity index (χ0n) is 13.9. The Kier molecular flexibility index (Phi) is 6.46. The minimum atomic E-state index is 0.0801. The van der Waals surface area contributed by atoms with Crippen LogP contribution in [0, 0.1) is 17.3 Å². The van der Waals surface area contributed by atoms with E-state index in [1.165, 1.54) is 0 Å². The van der Waals surface area contributed by atoms with Gasteiger partial charge in [-0.15, -0.1) is 0 Å². The van der Waals surface area contributed by atoms with Gasteiger partial charge in [-0.25, -0.2) is 0 Å². The number of hydrogen-bond acceptors (Lipinski definition) is 3. The van der Waals surface area contributed by atoms with Gasteiger partial charge in [-0.2, -0.15) is 0 Å². The molecule has 1 amide bonds. The van der Waals surface area contributed by atoms with Crippen LogP contribution < -0.4 is 11.1 Å². The van der Waals surface area contributed by atoms with Crippen molar-refractivity contribution in [3.8, 4) is 0 Å². The largest absolute Gasteiger partial charge is 0.355 e. The number of nitrogens with zero attached hydrogens (tertiary/aromatic N) is 1. The van der Waals surface area contributed by atoms with Crippen molar-refractivity contribution in [2.24, 2.45) is 23.0 Å². The van der Waals surface area contributed by atoms with Crippen molar-refractivity contribution < 1.29 is 4.79 Å². The highest BCUT2D eigenvalue weighted by molar-refractivity contribution is 5.78. The van der Waals surface area contributed by atoms with Crippen LogP contribution in [0.25, 0.3) is 0 Å². The molecular weight excluding hydrogens is 250 g/mol. The summed E-state index contributed by atoms with van der Waals surface area (Å²) in [6.45, 7) is 8.13. The fourth-order valence-electron chi connectivity index (χ4n) is 3.33. The molecule has 3 N–H and O–H groups in total. The third-order valence-electron chi connectivity index (χ3n) is 4.36. The van der Waals surface area contributed by atoms with E-state index in [2.05, 4.69) is 45.1 Å². The Hall–Kier alpha value is -0.610. The Morgan fingerprint density at radius 1 is 1.40 bits per heavy atom. The Labute approximate surface area is 124 Å². The lowest BCUT2D eigenvalue weighted by molar-refractivity contribution is -0.127. The SMILES string of the molecule is CC(C(=O)NCC(C)(C)CN(C)C)C1CCCC(N)C1. The van der Waals surface area contributed by atoms with E-state index in [-0.39, 0.29) is 23.3 Å². The van der Waals surface area contributed by atoms with Crippen LogP contribution in [-0.4, -0.2) is 44.0 Å². The summed E-state index contributed by atoms with van der Waals surface area (Å²) in [4.78, 5) is 14.5. The molecule has 0 aromatic carbocycles. The molecule has 4 nitrogen and oxygen atoms in total. The lowest BCUT2D eigenvalue weighted by Crippen LogP contribution is -2.43. The summed E-state index contributed by atoms with van der Waals surface area (Å²) in [7, 11) is 4.13. The second-order valence-electron chi connectivity index (χ2n) is 7.60. The van der Waals surface area contributed by atoms with Gasteiger partial charge in [0.05, 0.1) is 0 Å². The van der Waals surface area contributed by atoms with Gasteiger partial charge in [0.1, 0.15) is 0 Å². The van der Waals surface area contributed by atoms with Gasteiger partial charge in [0.25, 0.3) is 0 Å². The molecule has 1 aliphatic carbocycles. The summed E-state index contributed by atoms with van der Waals surface area (Å²) in [6, 6.07) is 0.286. The summed E-state index contributed by atoms with van der Waals surface area (Å²) < 4.78 is 0. The van der Waals surface area contributed by atoms with Gasteiger partial charge in [-0.05, 0) is 44.7 Å². The number of carbonyl (C=O) groups excluding carboxylic acids is 1. The molecule has 20 heavy (non-hydrogen) atoms. The zero-order chi connectivity index (χ0) is 15.3. The van der Waals surface area contributed by atoms with E-state index in [4.69, 9.17) is 5.73 Å². The van der Waals surface area contributed by atoms with E-state index < -0.39 is 0 Å². The Bertz CT molecular complexity index is 315. The van der Waals surface area contributed by atoms with Crippen LogP contribution >= 0.6 is 0 Å². The molecule has 3 unspecified atom stereocenters. The van der Waals surface area contributed by atoms with Gasteiger partial charge in [-0.3, -0.25) is 4.79 Å². The molecule has 0 radical (unpaired) electrons. The number of hydrogen-bond donors (Lipinski definition) is 2. The number of rotatable bonds is 6. The molecule has 1 aliphatic rings. The van der Waals surface area contributed by atoms with Gasteiger partial charge in [0.15, 0.2) is 0 Å². The van der Waals surface area contributed by atoms with Gasteiger partial charge in [0.2, 0.25) is 5.91 Å². The van der Waals surface area contributed by atoms with Crippen molar-refractivity contribution in [2.75, 3.05) is 27.2 Å². The van der Waals surface area contributed by atoms with Crippen molar-refractivity contribution in [1.82, 2.24) is 10.2 Å². The highest BCUT2D eigenvalue weighted by Crippen LogP contribution is 2.29. The van der Waals surface area contributed by atoms with E-state index in [1.807, 2.05) is 0 Å². The molecule has 4 heteroatoms. The summed E-state index contributed by atoms with van der Waals surface area (Å²) in [5.41, 5.74) is 6.12. The predicted molar refractivity (Wildman–Crippen MR) is 84.4 cm³/mol. The smallest absolute Gasteiger partial charge is 0.223 e. The molecule has 0 bridgehead atoms. The first kappa shape index (κ1) is 17.4. The highest BCUT2D eigenvalue weighted by Gasteiger charge is 2.29. The van der Waals surface area contributed by atoms with E-state index in [0.29, 0.717) is 5.92 Å². The van der Waals surface area contributed by atoms with E-state index in [0.717, 1.165) is 38.8 Å². The maximum Gasteiger partial charge on any atom is 0.223 e. The third kappa shape index (κ3) is 5.80. The summed E-state index contributed by atoms with van der Waals surface area (Å²) in [5.74, 6) is 0.725. The fourth-order valence-corrected chi connectivity index (χ4v) is 3.33. The predicted octanol–water partition coefficient (Wildman–Crippen LogP) is 1.84. The fraction of sp³-hybridized carbons (Fsp3) is 0.938. The first-order valence-electron chi connectivity index (χ1n) is 7.89. The van der Waals surface area contributed by atoms with Crippen molar-refractivity contribution in [1.29, 1.82) is 0 Å². The van der Waals surface area contributed by atoms with Gasteiger partial charge in [-0.1, -0.05) is 27.2 Å². The first-order chi connectivity index (χ1) is 9.21. The van der Waals surface area contributed by atoms with Crippen LogP contribution in [0.1, 0.15) is 46.5 Å². The minimum Gasteiger partial charge on any atom is -0.355 e. The molecule has 1 fully saturated rings. The van der Waals surface area contributed by atoms with Crippen LogP contribution in [0.2, 0.25) is 0 Å². The van der Waals surface area contributed by atoms with Crippen LogP contribution in [0.5, 0.6) is 0 Å². The van der Waals surface area contributed by atoms with Crippen LogP contribution in [0.15, 0.2) is 0 Å². The Morgan fingerprint density at radius 2 is 2.05 bits per heavy atom. The maximum atomic E-state index is 12.3. The molecule has 118 valence electrons. The van der Waals surface area contributed by atoms with Gasteiger partial charge >= 0.3 is 0 Å². The average Bonchev–Trinajstić information content (AvgIpc) is 2.33. The lowest BCUT2D eigenvalue weighted by atomic mass is 9.78. The molecule has 0 saturated heterocycles. The third-order valence-corrected chi connectivity index (χ3v) is 4.36. The molecule has 0 aromatic heterocycles. The van der Waals surface area contributed by atoms with Gasteiger partial charge < -0.3 is 16.0 Å². The average molecular weight is 283 g/mol. The lowest BCUT2D eigenvalue weighted by Gasteiger charge is -2.32. The second kappa shape index (κ2) is 7.41. The summed E-state index contributed by atoms with van der Waals surface area (Å²) in [6.07, 6.45) is 4.41. The zero-order valence-corrected chi connectivity index (χ0v) is 13.9. The standard InChI is InChI=1S/C16H33N3O/c1-12(13-7-6-8-14(17)9-13)15(20)18-10-16(2,3)11-19(4)5/h12-14H,6-11,17H2,1-5H3,(H,18,20). The van der Waals surface area contributed by atoms with Gasteiger partial charge in [0, 0.05) is 25.0 Å². The molecule has 1 rings (SSSR count). The molecule has 0 aliphatic heterocycles. The number of nitrogens with one attached hydrogen (secondary N) is 1. The summed E-state index contributed by atoms with van der Waals surface area (Å²) >= 11 is 0. The minimum absolute atomic E-state index is 0.0801. The Balaban J connectivity index is 2.41. The van der Waals surface area contributed by atoms with Crippen molar-refractivity contribution in [2.45, 2.75) is 52.5 Å². The van der Waals surface area contributed by atoms with Crippen molar-refractivity contribution in [3.05, 3.63) is 0 Å². The summed E-state index contributed by atoms with van der Waals surface area (Å²) in [5, 5.41) is 3.13. The molecule has 0 aromatic rings. The molecule has 1 saturated carbocycles. The molecular formula is C16H33N3O. The van der Waals surface area contributed by atoms with E-state index in [1.54, 1.807) is 0 Å². The van der Waals surface area contributed by atoms with Crippen molar-refractivity contribution >= 4 is 5.91 Å². The molecule has 0 heterocycles. The highest BCUT2D eigenvalue weighted by atomic mass is 16.1. The van der Waals surface area contributed by atoms with E-state index in [9.17, 15) is 4.79 Å². The van der Waals surface area contributed by atoms with E-state index >= 15 is 0 Å². The first-order valence-corrected chi connectivity index (χ1v) is 7.89. The van der Waals surface area contributed by atoms with Crippen LogP contribution in [0.4, 0.5) is 0 Å². The molecule has 0 spiro atoms. The van der Waals surface area contributed by atoms with Crippen molar-refractivity contribution in [3.63, 3.8) is 0 Å². The monoisotopic (exact) mass is 283 g/mol. The molecule has 3 atom stereocenters. The van der Waals surface area contributed by atoms with Crippen LogP contribution in [-0.2, 0) is 4.79 Å². The topological polar surface area (TPSA) is 58.4 Å². The number of amides is 1. The van der Waals surface area contributed by atoms with Crippen LogP contribution in [0.3, 0.4) is 0 Å².